The molecule has 0 unspecified atom stereocenters. The summed E-state index contributed by atoms with van der Waals surface area (Å²) in [7, 11) is 0. The maximum atomic E-state index is 12.2. The van der Waals surface area contributed by atoms with E-state index in [-0.39, 0.29) is 29.2 Å². The van der Waals surface area contributed by atoms with E-state index in [1.54, 1.807) is 17.0 Å². The molecule has 2 aromatic rings. The summed E-state index contributed by atoms with van der Waals surface area (Å²) in [5.74, 6) is 0.165. The summed E-state index contributed by atoms with van der Waals surface area (Å²) in [4.78, 5) is 37.9. The van der Waals surface area contributed by atoms with Crippen LogP contribution in [0.4, 0.5) is 17.1 Å². The molecule has 1 aliphatic rings. The number of hydrogen-bond donors (Lipinski definition) is 2. The van der Waals surface area contributed by atoms with Gasteiger partial charge in [0, 0.05) is 30.0 Å². The fourth-order valence-corrected chi connectivity index (χ4v) is 3.86. The number of aryl methyl sites for hydroxylation is 2. The van der Waals surface area contributed by atoms with E-state index in [0.717, 1.165) is 28.9 Å². The van der Waals surface area contributed by atoms with Crippen molar-refractivity contribution in [1.29, 1.82) is 0 Å². The molecule has 0 aromatic heterocycles. The lowest BCUT2D eigenvalue weighted by molar-refractivity contribution is -0.117. The maximum Gasteiger partial charge on any atom is 0.234 e. The molecule has 1 saturated heterocycles. The fourth-order valence-electron chi connectivity index (χ4n) is 3.25. The summed E-state index contributed by atoms with van der Waals surface area (Å²) in [6.45, 7) is 4.67. The van der Waals surface area contributed by atoms with Gasteiger partial charge in [-0.25, -0.2) is 0 Å². The highest BCUT2D eigenvalue weighted by atomic mass is 32.2. The first-order chi connectivity index (χ1) is 13.9. The number of nitrogens with zero attached hydrogens (tertiary/aromatic N) is 1. The van der Waals surface area contributed by atoms with E-state index in [4.69, 9.17) is 0 Å². The fraction of sp³-hybridized carbons (Fsp3) is 0.318. The van der Waals surface area contributed by atoms with Crippen LogP contribution in [0.3, 0.4) is 0 Å². The Hall–Kier alpha value is -2.80. The topological polar surface area (TPSA) is 78.5 Å². The Morgan fingerprint density at radius 1 is 1.03 bits per heavy atom. The van der Waals surface area contributed by atoms with E-state index >= 15 is 0 Å². The van der Waals surface area contributed by atoms with Crippen LogP contribution >= 0.6 is 11.8 Å². The zero-order valence-electron chi connectivity index (χ0n) is 16.7. The molecule has 0 radical (unpaired) electrons. The van der Waals surface area contributed by atoms with Crippen molar-refractivity contribution in [2.75, 3.05) is 33.6 Å². The largest absolute Gasteiger partial charge is 0.325 e. The molecule has 7 heteroatoms. The molecule has 2 aromatic carbocycles. The van der Waals surface area contributed by atoms with Crippen LogP contribution in [-0.4, -0.2) is 35.8 Å². The summed E-state index contributed by atoms with van der Waals surface area (Å²) >= 11 is 1.26. The van der Waals surface area contributed by atoms with Crippen LogP contribution in [0.15, 0.2) is 42.5 Å². The van der Waals surface area contributed by atoms with Gasteiger partial charge in [0.05, 0.1) is 11.5 Å². The minimum atomic E-state index is -0.181. The zero-order valence-corrected chi connectivity index (χ0v) is 17.5. The smallest absolute Gasteiger partial charge is 0.234 e. The van der Waals surface area contributed by atoms with Gasteiger partial charge in [-0.2, -0.15) is 0 Å². The Kier molecular flexibility index (Phi) is 6.93. The highest BCUT2D eigenvalue weighted by Gasteiger charge is 2.21. The Balaban J connectivity index is 1.45. The van der Waals surface area contributed by atoms with Crippen molar-refractivity contribution in [3.05, 3.63) is 53.6 Å². The quantitative estimate of drug-likeness (QED) is 0.728. The molecular formula is C22H25N3O3S. The molecule has 152 valence electrons. The second kappa shape index (κ2) is 9.60. The average Bonchev–Trinajstić information content (AvgIpc) is 3.10. The van der Waals surface area contributed by atoms with Gasteiger partial charge in [-0.3, -0.25) is 14.4 Å². The number of rotatable bonds is 7. The van der Waals surface area contributed by atoms with E-state index < -0.39 is 0 Å². The highest BCUT2D eigenvalue weighted by Crippen LogP contribution is 2.24. The van der Waals surface area contributed by atoms with Crippen molar-refractivity contribution >= 4 is 46.5 Å². The van der Waals surface area contributed by atoms with Gasteiger partial charge in [-0.1, -0.05) is 23.8 Å². The van der Waals surface area contributed by atoms with Crippen molar-refractivity contribution in [1.82, 2.24) is 0 Å². The summed E-state index contributed by atoms with van der Waals surface area (Å²) in [6, 6.07) is 13.1. The molecule has 6 nitrogen and oxygen atoms in total. The Morgan fingerprint density at radius 3 is 2.48 bits per heavy atom. The standard InChI is InChI=1S/C22H25N3O3S/c1-15-8-9-19(16(2)11-15)24-21(27)14-29-13-20(26)23-17-5-3-6-18(12-17)25-10-4-7-22(25)28/h3,5-6,8-9,11-12H,4,7,10,13-14H2,1-2H3,(H,23,26)(H,24,27). The number of nitrogens with one attached hydrogen (secondary N) is 2. The van der Waals surface area contributed by atoms with E-state index in [0.29, 0.717) is 18.7 Å². The first kappa shape index (κ1) is 20.9. The molecule has 29 heavy (non-hydrogen) atoms. The monoisotopic (exact) mass is 411 g/mol. The number of carbonyl (C=O) groups excluding carboxylic acids is 3. The molecular weight excluding hydrogens is 386 g/mol. The molecule has 1 fully saturated rings. The minimum Gasteiger partial charge on any atom is -0.325 e. The van der Waals surface area contributed by atoms with Crippen molar-refractivity contribution in [3.8, 4) is 0 Å². The van der Waals surface area contributed by atoms with Gasteiger partial charge >= 0.3 is 0 Å². The van der Waals surface area contributed by atoms with E-state index in [2.05, 4.69) is 10.6 Å². The molecule has 0 bridgehead atoms. The molecule has 3 rings (SSSR count). The predicted octanol–water partition coefficient (Wildman–Crippen LogP) is 3.74. The van der Waals surface area contributed by atoms with Crippen LogP contribution < -0.4 is 15.5 Å². The Bertz CT molecular complexity index is 929. The van der Waals surface area contributed by atoms with Gasteiger partial charge in [-0.15, -0.1) is 11.8 Å². The summed E-state index contributed by atoms with van der Waals surface area (Å²) in [5, 5.41) is 5.70. The predicted molar refractivity (Wildman–Crippen MR) is 119 cm³/mol. The third kappa shape index (κ3) is 5.84. The van der Waals surface area contributed by atoms with E-state index in [1.807, 2.05) is 44.2 Å². The molecule has 0 atom stereocenters. The first-order valence-corrected chi connectivity index (χ1v) is 10.7. The molecule has 3 amide bonds. The summed E-state index contributed by atoms with van der Waals surface area (Å²) in [6.07, 6.45) is 1.42. The van der Waals surface area contributed by atoms with Crippen LogP contribution in [0.5, 0.6) is 0 Å². The third-order valence-corrected chi connectivity index (χ3v) is 5.57. The molecule has 0 spiro atoms. The van der Waals surface area contributed by atoms with Crippen molar-refractivity contribution in [2.24, 2.45) is 0 Å². The van der Waals surface area contributed by atoms with Crippen molar-refractivity contribution < 1.29 is 14.4 Å². The van der Waals surface area contributed by atoms with Crippen molar-refractivity contribution in [2.45, 2.75) is 26.7 Å². The second-order valence-corrected chi connectivity index (χ2v) is 8.09. The lowest BCUT2D eigenvalue weighted by Gasteiger charge is -2.16. The van der Waals surface area contributed by atoms with Crippen LogP contribution in [0.2, 0.25) is 0 Å². The van der Waals surface area contributed by atoms with Crippen LogP contribution in [-0.2, 0) is 14.4 Å². The van der Waals surface area contributed by atoms with Gasteiger partial charge in [0.25, 0.3) is 0 Å². The normalized spacial score (nSPS) is 13.4. The van der Waals surface area contributed by atoms with Gasteiger partial charge in [0.15, 0.2) is 0 Å². The van der Waals surface area contributed by atoms with Gasteiger partial charge in [0.2, 0.25) is 17.7 Å². The molecule has 1 heterocycles. The second-order valence-electron chi connectivity index (χ2n) is 7.11. The third-order valence-electron chi connectivity index (χ3n) is 4.64. The van der Waals surface area contributed by atoms with Gasteiger partial charge in [-0.05, 0) is 50.1 Å². The number of thioether (sulfide) groups is 1. The maximum absolute atomic E-state index is 12.2. The molecule has 2 N–H and O–H groups in total. The van der Waals surface area contributed by atoms with Gasteiger partial charge < -0.3 is 15.5 Å². The molecule has 0 aliphatic carbocycles. The number of hydrogen-bond acceptors (Lipinski definition) is 4. The van der Waals surface area contributed by atoms with Crippen LogP contribution in [0, 0.1) is 13.8 Å². The SMILES string of the molecule is Cc1ccc(NC(=O)CSCC(=O)Nc2cccc(N3CCCC3=O)c2)c(C)c1. The van der Waals surface area contributed by atoms with E-state index in [1.165, 1.54) is 11.8 Å². The van der Waals surface area contributed by atoms with Crippen LogP contribution in [0.1, 0.15) is 24.0 Å². The lowest BCUT2D eigenvalue weighted by Crippen LogP contribution is -2.24. The minimum absolute atomic E-state index is 0.110. The first-order valence-electron chi connectivity index (χ1n) is 9.57. The van der Waals surface area contributed by atoms with E-state index in [9.17, 15) is 14.4 Å². The van der Waals surface area contributed by atoms with Gasteiger partial charge in [0.1, 0.15) is 0 Å². The Labute approximate surface area is 175 Å². The Morgan fingerprint density at radius 2 is 1.79 bits per heavy atom. The number of carbonyl (C=O) groups is 3. The number of anilines is 3. The van der Waals surface area contributed by atoms with Crippen molar-refractivity contribution in [3.63, 3.8) is 0 Å². The molecule has 1 aliphatic heterocycles. The highest BCUT2D eigenvalue weighted by molar-refractivity contribution is 8.00. The number of benzene rings is 2. The summed E-state index contributed by atoms with van der Waals surface area (Å²) in [5.41, 5.74) is 4.39. The van der Waals surface area contributed by atoms with Crippen LogP contribution in [0.25, 0.3) is 0 Å². The summed E-state index contributed by atoms with van der Waals surface area (Å²) < 4.78 is 0. The number of amides is 3. The lowest BCUT2D eigenvalue weighted by atomic mass is 10.1. The average molecular weight is 412 g/mol. The zero-order chi connectivity index (χ0) is 20.8. The molecule has 0 saturated carbocycles.